The Bertz CT molecular complexity index is 553. The molecule has 0 spiro atoms. The first-order valence-electron chi connectivity index (χ1n) is 5.43. The van der Waals surface area contributed by atoms with E-state index in [4.69, 9.17) is 0 Å². The van der Waals surface area contributed by atoms with Crippen LogP contribution in [0, 0.1) is 6.42 Å². The summed E-state index contributed by atoms with van der Waals surface area (Å²) in [7, 11) is 0. The van der Waals surface area contributed by atoms with Crippen LogP contribution in [-0.2, 0) is 0 Å². The van der Waals surface area contributed by atoms with Gasteiger partial charge in [-0.1, -0.05) is 35.9 Å². The van der Waals surface area contributed by atoms with Gasteiger partial charge in [0.2, 0.25) is 0 Å². The molecule has 0 aliphatic heterocycles. The van der Waals surface area contributed by atoms with E-state index in [9.17, 15) is 0 Å². The molecule has 0 atom stereocenters. The molecule has 0 saturated heterocycles. The lowest BCUT2D eigenvalue weighted by Crippen LogP contribution is -1.89. The van der Waals surface area contributed by atoms with Crippen molar-refractivity contribution in [2.24, 2.45) is 0 Å². The normalized spacial score (nSPS) is 14.1. The Kier molecular flexibility index (Phi) is 2.10. The van der Waals surface area contributed by atoms with Gasteiger partial charge in [0, 0.05) is 18.2 Å². The van der Waals surface area contributed by atoms with Crippen LogP contribution in [0.5, 0.6) is 0 Å². The number of hydrogen-bond donors (Lipinski definition) is 0. The highest BCUT2D eigenvalue weighted by atomic mass is 14.7. The van der Waals surface area contributed by atoms with Gasteiger partial charge in [0.25, 0.3) is 0 Å². The van der Waals surface area contributed by atoms with Gasteiger partial charge >= 0.3 is 0 Å². The number of nitrogens with zero attached hydrogens (tertiary/aromatic N) is 1. The summed E-state index contributed by atoms with van der Waals surface area (Å²) in [4.78, 5) is 4.43. The summed E-state index contributed by atoms with van der Waals surface area (Å²) < 4.78 is 0. The van der Waals surface area contributed by atoms with E-state index in [-0.39, 0.29) is 0 Å². The summed E-state index contributed by atoms with van der Waals surface area (Å²) in [6.07, 6.45) is 4.07. The maximum absolute atomic E-state index is 4.43. The molecule has 1 heteroatoms. The first kappa shape index (κ1) is 9.34. The lowest BCUT2D eigenvalue weighted by atomic mass is 10.0. The smallest absolute Gasteiger partial charge is 0.0707 e. The predicted octanol–water partition coefficient (Wildman–Crippen LogP) is 3.47. The molecular formula is C15H12N. The molecule has 0 N–H and O–H groups in total. The van der Waals surface area contributed by atoms with Crippen molar-refractivity contribution in [2.75, 3.05) is 0 Å². The molecular weight excluding hydrogens is 194 g/mol. The zero-order chi connectivity index (χ0) is 11.0. The van der Waals surface area contributed by atoms with Crippen molar-refractivity contribution in [1.29, 1.82) is 0 Å². The van der Waals surface area contributed by atoms with E-state index in [1.807, 2.05) is 18.3 Å². The fraction of sp³-hybridized carbons (Fsp3) is 0.0667. The van der Waals surface area contributed by atoms with Gasteiger partial charge in [-0.2, -0.15) is 0 Å². The Morgan fingerprint density at radius 3 is 2.56 bits per heavy atom. The Labute approximate surface area is 95.5 Å². The topological polar surface area (TPSA) is 12.9 Å². The quantitative estimate of drug-likeness (QED) is 0.696. The molecule has 0 bridgehead atoms. The first-order chi connectivity index (χ1) is 7.86. The Balaban J connectivity index is 2.19. The predicted molar refractivity (Wildman–Crippen MR) is 65.8 cm³/mol. The number of rotatable bonds is 1. The van der Waals surface area contributed by atoms with Crippen molar-refractivity contribution >= 4 is 5.57 Å². The zero-order valence-electron chi connectivity index (χ0n) is 9.14. The van der Waals surface area contributed by atoms with E-state index < -0.39 is 0 Å². The number of hydrogen-bond acceptors (Lipinski definition) is 1. The van der Waals surface area contributed by atoms with E-state index in [0.717, 1.165) is 5.69 Å². The molecule has 0 unspecified atom stereocenters. The fourth-order valence-electron chi connectivity index (χ4n) is 2.22. The van der Waals surface area contributed by atoms with Crippen LogP contribution in [-0.4, -0.2) is 4.98 Å². The molecule has 2 aromatic rings. The minimum absolute atomic E-state index is 1.06. The summed E-state index contributed by atoms with van der Waals surface area (Å²) in [5.41, 5.74) is 6.19. The molecule has 1 aliphatic carbocycles. The van der Waals surface area contributed by atoms with E-state index in [1.165, 1.54) is 22.3 Å². The minimum Gasteiger partial charge on any atom is -0.256 e. The Morgan fingerprint density at radius 2 is 1.75 bits per heavy atom. The van der Waals surface area contributed by atoms with Crippen LogP contribution >= 0.6 is 0 Å². The van der Waals surface area contributed by atoms with Crippen molar-refractivity contribution in [3.8, 4) is 0 Å². The molecule has 0 saturated carbocycles. The highest BCUT2D eigenvalue weighted by Crippen LogP contribution is 2.37. The van der Waals surface area contributed by atoms with E-state index >= 15 is 0 Å². The number of allylic oxidation sites excluding steroid dienone is 1. The van der Waals surface area contributed by atoms with E-state index in [1.54, 1.807) is 0 Å². The number of aromatic nitrogens is 1. The molecule has 77 valence electrons. The Hall–Kier alpha value is -1.89. The molecule has 1 heterocycles. The summed E-state index contributed by atoms with van der Waals surface area (Å²) in [6.45, 7) is 2.14. The number of benzene rings is 1. The maximum Gasteiger partial charge on any atom is 0.0707 e. The Morgan fingerprint density at radius 1 is 0.938 bits per heavy atom. The van der Waals surface area contributed by atoms with Gasteiger partial charge in [0.15, 0.2) is 0 Å². The number of pyridine rings is 1. The summed E-state index contributed by atoms with van der Waals surface area (Å²) >= 11 is 0. The summed E-state index contributed by atoms with van der Waals surface area (Å²) in [6, 6.07) is 14.5. The highest BCUT2D eigenvalue weighted by molar-refractivity contribution is 5.88. The van der Waals surface area contributed by atoms with Gasteiger partial charge in [0.05, 0.1) is 5.69 Å². The SMILES string of the molecule is CC1=C(c2ccccn2)c2ccccc2[CH]1. The lowest BCUT2D eigenvalue weighted by molar-refractivity contribution is 1.27. The van der Waals surface area contributed by atoms with E-state index in [0.29, 0.717) is 0 Å². The van der Waals surface area contributed by atoms with Crippen LogP contribution < -0.4 is 0 Å². The van der Waals surface area contributed by atoms with Crippen molar-refractivity contribution in [3.05, 3.63) is 77.5 Å². The summed E-state index contributed by atoms with van der Waals surface area (Å²) in [5.74, 6) is 0. The molecule has 1 aromatic carbocycles. The average molecular weight is 206 g/mol. The van der Waals surface area contributed by atoms with Crippen LogP contribution in [0.3, 0.4) is 0 Å². The summed E-state index contributed by atoms with van der Waals surface area (Å²) in [5, 5.41) is 0. The van der Waals surface area contributed by atoms with Gasteiger partial charge < -0.3 is 0 Å². The van der Waals surface area contributed by atoms with Crippen LogP contribution in [0.1, 0.15) is 23.7 Å². The second-order valence-corrected chi connectivity index (χ2v) is 4.00. The van der Waals surface area contributed by atoms with Crippen LogP contribution in [0.25, 0.3) is 5.57 Å². The van der Waals surface area contributed by atoms with Crippen LogP contribution in [0.4, 0.5) is 0 Å². The molecule has 1 aliphatic rings. The average Bonchev–Trinajstić information content (AvgIpc) is 2.66. The molecule has 1 nitrogen and oxygen atoms in total. The first-order valence-corrected chi connectivity index (χ1v) is 5.43. The van der Waals surface area contributed by atoms with Crippen LogP contribution in [0.15, 0.2) is 54.2 Å². The van der Waals surface area contributed by atoms with E-state index in [2.05, 4.69) is 48.7 Å². The third-order valence-electron chi connectivity index (χ3n) is 2.92. The van der Waals surface area contributed by atoms with Crippen molar-refractivity contribution in [3.63, 3.8) is 0 Å². The van der Waals surface area contributed by atoms with Crippen molar-refractivity contribution in [2.45, 2.75) is 6.92 Å². The molecule has 1 aromatic heterocycles. The molecule has 16 heavy (non-hydrogen) atoms. The second kappa shape index (κ2) is 3.60. The monoisotopic (exact) mass is 206 g/mol. The van der Waals surface area contributed by atoms with Crippen LogP contribution in [0.2, 0.25) is 0 Å². The largest absolute Gasteiger partial charge is 0.256 e. The second-order valence-electron chi connectivity index (χ2n) is 4.00. The molecule has 0 fully saturated rings. The standard InChI is InChI=1S/C15H12N/c1-11-10-12-6-2-3-7-13(12)15(11)14-8-4-5-9-16-14/h2-10H,1H3. The van der Waals surface area contributed by atoms with Crippen molar-refractivity contribution < 1.29 is 0 Å². The van der Waals surface area contributed by atoms with Gasteiger partial charge in [-0.25, -0.2) is 0 Å². The van der Waals surface area contributed by atoms with Gasteiger partial charge in [0.1, 0.15) is 0 Å². The van der Waals surface area contributed by atoms with Crippen molar-refractivity contribution in [1.82, 2.24) is 4.98 Å². The third kappa shape index (κ3) is 1.36. The van der Waals surface area contributed by atoms with Gasteiger partial charge in [-0.15, -0.1) is 0 Å². The van der Waals surface area contributed by atoms with Gasteiger partial charge in [-0.05, 0) is 30.2 Å². The highest BCUT2D eigenvalue weighted by Gasteiger charge is 2.20. The zero-order valence-corrected chi connectivity index (χ0v) is 9.14. The third-order valence-corrected chi connectivity index (χ3v) is 2.92. The maximum atomic E-state index is 4.43. The molecule has 0 amide bonds. The van der Waals surface area contributed by atoms with Gasteiger partial charge in [-0.3, -0.25) is 4.98 Å². The number of fused-ring (bicyclic) bond motifs is 1. The molecule has 3 rings (SSSR count). The fourth-order valence-corrected chi connectivity index (χ4v) is 2.22. The molecule has 1 radical (unpaired) electrons. The minimum atomic E-state index is 1.06. The lowest BCUT2D eigenvalue weighted by Gasteiger charge is -2.05.